The van der Waals surface area contributed by atoms with Crippen molar-refractivity contribution in [3.05, 3.63) is 474 Å². The van der Waals surface area contributed by atoms with Crippen molar-refractivity contribution in [2.45, 2.75) is 0 Å². The van der Waals surface area contributed by atoms with Gasteiger partial charge in [-0.3, -0.25) is 15.0 Å². The van der Waals surface area contributed by atoms with Crippen molar-refractivity contribution < 1.29 is 0 Å². The van der Waals surface area contributed by atoms with Gasteiger partial charge in [-0.15, -0.1) is 0 Å². The van der Waals surface area contributed by atoms with Crippen molar-refractivity contribution in [2.24, 2.45) is 0 Å². The van der Waals surface area contributed by atoms with Gasteiger partial charge in [0.2, 0.25) is 0 Å². The zero-order valence-electron chi connectivity index (χ0n) is 74.4. The molecule has 0 atom stereocenters. The number of pyridine rings is 6. The molecule has 0 amide bonds. The van der Waals surface area contributed by atoms with E-state index < -0.39 is 0 Å². The van der Waals surface area contributed by atoms with Gasteiger partial charge in [0.1, 0.15) is 0 Å². The summed E-state index contributed by atoms with van der Waals surface area (Å²) in [6.45, 7) is 0. The van der Waals surface area contributed by atoms with Crippen molar-refractivity contribution in [3.8, 4) is 135 Å². The molecule has 27 rings (SSSR count). The molecule has 642 valence electrons. The monoisotopic (exact) mass is 1760 g/mol. The van der Waals surface area contributed by atoms with E-state index in [2.05, 4.69) is 333 Å². The van der Waals surface area contributed by atoms with Crippen LogP contribution in [0.5, 0.6) is 0 Å². The van der Waals surface area contributed by atoms with Crippen molar-refractivity contribution >= 4 is 130 Å². The second-order valence-corrected chi connectivity index (χ2v) is 34.4. The minimum atomic E-state index is 0.663. The molecule has 0 fully saturated rings. The van der Waals surface area contributed by atoms with Crippen molar-refractivity contribution in [2.75, 3.05) is 0 Å². The normalized spacial score (nSPS) is 11.5. The number of aromatic nitrogens is 12. The largest absolute Gasteiger partial charge is 0.264 e. The molecule has 18 aromatic carbocycles. The topological polar surface area (TPSA) is 155 Å². The summed E-state index contributed by atoms with van der Waals surface area (Å²) >= 11 is 0. The predicted octanol–water partition coefficient (Wildman–Crippen LogP) is 31.6. The second-order valence-electron chi connectivity index (χ2n) is 34.4. The summed E-state index contributed by atoms with van der Waals surface area (Å²) in [5, 5.41) is 22.0. The number of nitrogens with zero attached hydrogens (tertiary/aromatic N) is 12. The van der Waals surface area contributed by atoms with Gasteiger partial charge < -0.3 is 0 Å². The van der Waals surface area contributed by atoms with E-state index in [1.165, 1.54) is 48.5 Å². The van der Waals surface area contributed by atoms with Gasteiger partial charge in [0, 0.05) is 140 Å². The highest BCUT2D eigenvalue weighted by Crippen LogP contribution is 2.47. The summed E-state index contributed by atoms with van der Waals surface area (Å²) in [7, 11) is 0. The Balaban J connectivity index is 0.000000110. The van der Waals surface area contributed by atoms with Gasteiger partial charge >= 0.3 is 0 Å². The molecule has 9 heterocycles. The number of rotatable bonds is 12. The van der Waals surface area contributed by atoms with Gasteiger partial charge in [0.05, 0.1) is 78.8 Å². The molecule has 12 heteroatoms. The molecule has 0 radical (unpaired) electrons. The quantitative estimate of drug-likeness (QED) is 0.107. The van der Waals surface area contributed by atoms with Crippen molar-refractivity contribution in [1.29, 1.82) is 0 Å². The van der Waals surface area contributed by atoms with Crippen LogP contribution in [0.3, 0.4) is 0 Å². The van der Waals surface area contributed by atoms with E-state index in [4.69, 9.17) is 54.8 Å². The van der Waals surface area contributed by atoms with Crippen LogP contribution in [0, 0.1) is 0 Å². The minimum Gasteiger partial charge on any atom is -0.264 e. The molecular formula is C126H78N12. The maximum atomic E-state index is 5.41. The lowest BCUT2D eigenvalue weighted by molar-refractivity contribution is 1.18. The molecule has 0 saturated carbocycles. The Morgan fingerprint density at radius 2 is 0.377 bits per heavy atom. The summed E-state index contributed by atoms with van der Waals surface area (Å²) in [5.74, 6) is 2.03. The van der Waals surface area contributed by atoms with Crippen LogP contribution in [0.15, 0.2) is 474 Å². The molecule has 0 saturated heterocycles. The summed E-state index contributed by atoms with van der Waals surface area (Å²) in [6, 6.07) is 155. The Kier molecular flexibility index (Phi) is 20.6. The van der Waals surface area contributed by atoms with Crippen LogP contribution in [0.1, 0.15) is 0 Å². The van der Waals surface area contributed by atoms with Crippen LogP contribution >= 0.6 is 0 Å². The van der Waals surface area contributed by atoms with E-state index in [1.54, 1.807) is 0 Å². The van der Waals surface area contributed by atoms with Gasteiger partial charge in [0.25, 0.3) is 0 Å². The van der Waals surface area contributed by atoms with Gasteiger partial charge in [-0.2, -0.15) is 0 Å². The standard InChI is InChI=1S/3C42H26N4/c1-3-13-27(14-4-1)36-26-37(28-15-5-2-6-16-28)45-42(44-36)30-18-11-17-29(25-30)39-41-35(23-12-24-43-41)38-33-21-9-7-19-31(33)32-20-8-10-22-34(32)40(38)46-39;1-3-12-27(13-4-1)36-26-37(28-14-5-2-6-15-28)45-42(44-36)30-23-21-29(22-24-30)39-41-35(20-11-25-43-41)38-33-18-9-7-16-31(33)32-17-8-10-19-34(32)40(38)46-39;1-3-11-27(12-4-1)37-25-38(28-13-5-2-6-14-28)45-42(44-37)30-21-19-29(20-22-30)40-36-26-43-24-23-34(36)39-33-17-9-7-15-31(33)32-16-8-10-18-35(32)41(39)46-40/h3*1-26H. The third-order valence-electron chi connectivity index (χ3n) is 26.2. The SMILES string of the molecule is c1ccc(-c2cc(-c3ccccc3)nc(-c3ccc(-c4nc5c6ccccc6c6ccccc6c5c5cccnc45)cc3)n2)cc1.c1ccc(-c2cc(-c3ccccc3)nc(-c3ccc(-c4nc5c6ccccc6c6ccccc6c5c5ccncc45)cc3)n2)cc1.c1ccc(-c2cc(-c3ccccc3)nc(-c3cccc(-c4nc5c6ccccc6c6ccccc6c5c5cccnc45)c3)n2)cc1. The van der Waals surface area contributed by atoms with E-state index in [1.807, 2.05) is 146 Å². The molecular weight excluding hydrogens is 1680 g/mol. The molecule has 0 N–H and O–H groups in total. The molecule has 0 aliphatic carbocycles. The van der Waals surface area contributed by atoms with Crippen LogP contribution in [-0.4, -0.2) is 59.8 Å². The molecule has 9 aromatic heterocycles. The second kappa shape index (κ2) is 35.1. The van der Waals surface area contributed by atoms with Crippen LogP contribution < -0.4 is 0 Å². The number of hydrogen-bond donors (Lipinski definition) is 0. The first kappa shape index (κ1) is 81.2. The minimum absolute atomic E-state index is 0.663. The maximum absolute atomic E-state index is 5.41. The molecule has 0 spiro atoms. The first-order chi connectivity index (χ1) is 68.4. The zero-order valence-corrected chi connectivity index (χ0v) is 74.4. The van der Waals surface area contributed by atoms with Crippen molar-refractivity contribution in [3.63, 3.8) is 0 Å². The fraction of sp³-hybridized carbons (Fsp3) is 0. The van der Waals surface area contributed by atoms with Crippen LogP contribution in [-0.2, 0) is 0 Å². The average Bonchev–Trinajstić information content (AvgIpc) is 0.726. The van der Waals surface area contributed by atoms with Gasteiger partial charge in [0.15, 0.2) is 17.5 Å². The number of fused-ring (bicyclic) bond motifs is 24. The fourth-order valence-electron chi connectivity index (χ4n) is 19.7. The molecule has 0 unspecified atom stereocenters. The molecule has 12 nitrogen and oxygen atoms in total. The van der Waals surface area contributed by atoms with E-state index in [-0.39, 0.29) is 0 Å². The van der Waals surface area contributed by atoms with Crippen molar-refractivity contribution in [1.82, 2.24) is 59.8 Å². The van der Waals surface area contributed by atoms with Gasteiger partial charge in [-0.1, -0.05) is 406 Å². The predicted molar refractivity (Wildman–Crippen MR) is 568 cm³/mol. The molecule has 27 aromatic rings. The maximum Gasteiger partial charge on any atom is 0.160 e. The molecule has 0 aliphatic rings. The van der Waals surface area contributed by atoms with E-state index >= 15 is 0 Å². The summed E-state index contributed by atoms with van der Waals surface area (Å²) < 4.78 is 0. The van der Waals surface area contributed by atoms with E-state index in [9.17, 15) is 0 Å². The molecule has 0 aliphatic heterocycles. The fourth-order valence-corrected chi connectivity index (χ4v) is 19.7. The smallest absolute Gasteiger partial charge is 0.160 e. The Labute approximate surface area is 793 Å². The van der Waals surface area contributed by atoms with Crippen LogP contribution in [0.25, 0.3) is 265 Å². The lowest BCUT2D eigenvalue weighted by atomic mass is 9.93. The summed E-state index contributed by atoms with van der Waals surface area (Å²) in [5.41, 5.74) is 24.7. The van der Waals surface area contributed by atoms with E-state index in [0.29, 0.717) is 17.5 Å². The Morgan fingerprint density at radius 1 is 0.130 bits per heavy atom. The van der Waals surface area contributed by atoms with E-state index in [0.717, 1.165) is 199 Å². The first-order valence-corrected chi connectivity index (χ1v) is 46.2. The average molecular weight is 1760 g/mol. The number of benzene rings is 18. The molecule has 138 heavy (non-hydrogen) atoms. The number of hydrogen-bond acceptors (Lipinski definition) is 12. The zero-order chi connectivity index (χ0) is 91.4. The third kappa shape index (κ3) is 14.9. The Bertz CT molecular complexity index is 8890. The lowest BCUT2D eigenvalue weighted by Crippen LogP contribution is -1.97. The summed E-state index contributed by atoms with van der Waals surface area (Å²) in [4.78, 5) is 60.7. The Hall–Kier alpha value is -18.8. The highest BCUT2D eigenvalue weighted by Gasteiger charge is 2.24. The lowest BCUT2D eigenvalue weighted by Gasteiger charge is -2.15. The molecule has 0 bridgehead atoms. The Morgan fingerprint density at radius 3 is 0.725 bits per heavy atom. The van der Waals surface area contributed by atoms with Crippen LogP contribution in [0.2, 0.25) is 0 Å². The summed E-state index contributed by atoms with van der Waals surface area (Å²) in [6.07, 6.45) is 7.52. The third-order valence-corrected chi connectivity index (χ3v) is 26.2. The van der Waals surface area contributed by atoms with Gasteiger partial charge in [-0.25, -0.2) is 44.9 Å². The first-order valence-electron chi connectivity index (χ1n) is 46.2. The van der Waals surface area contributed by atoms with Crippen LogP contribution in [0.4, 0.5) is 0 Å². The highest BCUT2D eigenvalue weighted by atomic mass is 14.9. The highest BCUT2D eigenvalue weighted by molar-refractivity contribution is 6.34. The van der Waals surface area contributed by atoms with Gasteiger partial charge in [-0.05, 0) is 96.3 Å².